The molecule has 1 saturated carbocycles. The van der Waals surface area contributed by atoms with E-state index < -0.39 is 52.2 Å². The third kappa shape index (κ3) is 4.72. The summed E-state index contributed by atoms with van der Waals surface area (Å²) in [5, 5.41) is 2.20. The van der Waals surface area contributed by atoms with Gasteiger partial charge in [-0.25, -0.2) is 9.59 Å². The van der Waals surface area contributed by atoms with Gasteiger partial charge in [0.1, 0.15) is 5.54 Å². The van der Waals surface area contributed by atoms with Gasteiger partial charge in [0, 0.05) is 12.8 Å². The van der Waals surface area contributed by atoms with Crippen LogP contribution in [-0.4, -0.2) is 51.3 Å². The maximum Gasteiger partial charge on any atom is 0.523 e. The molecule has 0 bridgehead atoms. The number of carbonyl (C=O) groups excluding carboxylic acids is 2. The molecule has 0 aromatic rings. The molecule has 0 aromatic heterocycles. The maximum absolute atomic E-state index is 12.3. The first kappa shape index (κ1) is 20.5. The molecule has 0 spiro atoms. The summed E-state index contributed by atoms with van der Waals surface area (Å²) in [6, 6.07) is 0. The van der Waals surface area contributed by atoms with E-state index >= 15 is 0 Å². The van der Waals surface area contributed by atoms with E-state index in [0.29, 0.717) is 6.42 Å². The molecular formula is C12H18F3NO7S. The van der Waals surface area contributed by atoms with Gasteiger partial charge in [-0.05, 0) is 6.42 Å². The predicted molar refractivity (Wildman–Crippen MR) is 73.2 cm³/mol. The van der Waals surface area contributed by atoms with Crippen LogP contribution in [0.3, 0.4) is 0 Å². The number of methoxy groups -OCH3 is 1. The molecular weight excluding hydrogens is 359 g/mol. The monoisotopic (exact) mass is 377 g/mol. The first-order valence-corrected chi connectivity index (χ1v) is 8.41. The van der Waals surface area contributed by atoms with Crippen molar-refractivity contribution in [2.24, 2.45) is 0 Å². The molecule has 0 heterocycles. The summed E-state index contributed by atoms with van der Waals surface area (Å²) in [5.41, 5.74) is -7.24. The number of nitrogens with one attached hydrogen (secondary N) is 1. The van der Waals surface area contributed by atoms with E-state index in [9.17, 15) is 31.2 Å². The van der Waals surface area contributed by atoms with Crippen molar-refractivity contribution in [3.8, 4) is 0 Å². The fourth-order valence-electron chi connectivity index (χ4n) is 2.08. The minimum atomic E-state index is -5.78. The summed E-state index contributed by atoms with van der Waals surface area (Å²) in [6.07, 6.45) is -1.98. The highest BCUT2D eigenvalue weighted by atomic mass is 32.2. The lowest BCUT2D eigenvalue weighted by atomic mass is 9.74. The Morgan fingerprint density at radius 3 is 2.33 bits per heavy atom. The molecule has 0 saturated heterocycles. The summed E-state index contributed by atoms with van der Waals surface area (Å²) in [5.74, 6) is -0.931. The minimum absolute atomic E-state index is 0.0992. The topological polar surface area (TPSA) is 108 Å². The maximum atomic E-state index is 12.3. The Hall–Kier alpha value is -1.56. The van der Waals surface area contributed by atoms with Gasteiger partial charge in [0.05, 0.1) is 19.8 Å². The van der Waals surface area contributed by atoms with Crippen LogP contribution in [0.4, 0.5) is 18.0 Å². The average molecular weight is 377 g/mol. The fraction of sp³-hybridized carbons (Fsp3) is 0.833. The molecule has 1 fully saturated rings. The zero-order chi connectivity index (χ0) is 18.6. The summed E-state index contributed by atoms with van der Waals surface area (Å²) < 4.78 is 71.9. The summed E-state index contributed by atoms with van der Waals surface area (Å²) in [6.45, 7) is 1.97. The number of unbranched alkanes of at least 4 members (excludes halogenated alkanes) is 1. The molecule has 0 unspecified atom stereocenters. The van der Waals surface area contributed by atoms with Crippen LogP contribution in [0.1, 0.15) is 32.6 Å². The van der Waals surface area contributed by atoms with Crippen molar-refractivity contribution < 1.29 is 44.8 Å². The second-order valence-corrected chi connectivity index (χ2v) is 6.78. The van der Waals surface area contributed by atoms with Crippen LogP contribution in [0.15, 0.2) is 0 Å². The van der Waals surface area contributed by atoms with Crippen LogP contribution in [0.2, 0.25) is 0 Å². The fourth-order valence-corrected chi connectivity index (χ4v) is 2.68. The number of ether oxygens (including phenoxy) is 2. The van der Waals surface area contributed by atoms with Gasteiger partial charge in [0.25, 0.3) is 0 Å². The highest BCUT2D eigenvalue weighted by Gasteiger charge is 2.57. The van der Waals surface area contributed by atoms with E-state index in [1.54, 1.807) is 0 Å². The highest BCUT2D eigenvalue weighted by molar-refractivity contribution is 7.87. The molecule has 140 valence electrons. The molecule has 0 radical (unpaired) electrons. The summed E-state index contributed by atoms with van der Waals surface area (Å²) in [7, 11) is -4.76. The number of hydrogen-bond acceptors (Lipinski definition) is 7. The van der Waals surface area contributed by atoms with E-state index in [0.717, 1.165) is 13.5 Å². The number of rotatable bonds is 7. The van der Waals surface area contributed by atoms with Crippen molar-refractivity contribution in [2.75, 3.05) is 13.7 Å². The second-order valence-electron chi connectivity index (χ2n) is 5.21. The molecule has 12 heteroatoms. The highest BCUT2D eigenvalue weighted by Crippen LogP contribution is 2.39. The molecule has 1 N–H and O–H groups in total. The van der Waals surface area contributed by atoms with Crippen molar-refractivity contribution in [3.05, 3.63) is 0 Å². The predicted octanol–water partition coefficient (Wildman–Crippen LogP) is 1.45. The third-order valence-corrected chi connectivity index (χ3v) is 4.44. The normalized spacial score (nSPS) is 24.0. The molecule has 0 aliphatic heterocycles. The van der Waals surface area contributed by atoms with Crippen LogP contribution in [0.25, 0.3) is 0 Å². The van der Waals surface area contributed by atoms with Crippen molar-refractivity contribution in [1.82, 2.24) is 5.32 Å². The zero-order valence-corrected chi connectivity index (χ0v) is 13.8. The molecule has 1 aliphatic rings. The van der Waals surface area contributed by atoms with Gasteiger partial charge >= 0.3 is 27.7 Å². The molecule has 24 heavy (non-hydrogen) atoms. The average Bonchev–Trinajstić information content (AvgIpc) is 2.42. The number of halogens is 3. The molecule has 1 amide bonds. The van der Waals surface area contributed by atoms with E-state index in [-0.39, 0.29) is 6.61 Å². The standard InChI is InChI=1S/C12H18F3NO7S/c1-3-4-5-22-10(18)16-11(9(17)21-2)6-8(7-11)23-24(19,20)12(13,14)15/h8H,3-7H2,1-2H3,(H,16,18). The van der Waals surface area contributed by atoms with Gasteiger partial charge in [0.15, 0.2) is 0 Å². The summed E-state index contributed by atoms with van der Waals surface area (Å²) >= 11 is 0. The van der Waals surface area contributed by atoms with E-state index in [4.69, 9.17) is 4.74 Å². The molecule has 8 nitrogen and oxygen atoms in total. The minimum Gasteiger partial charge on any atom is -0.467 e. The third-order valence-electron chi connectivity index (χ3n) is 3.35. The van der Waals surface area contributed by atoms with Crippen LogP contribution in [-0.2, 0) is 28.6 Å². The first-order chi connectivity index (χ1) is 11.0. The number of esters is 1. The lowest BCUT2D eigenvalue weighted by molar-refractivity contribution is -0.157. The Kier molecular flexibility index (Phi) is 6.45. The van der Waals surface area contributed by atoms with Crippen molar-refractivity contribution in [3.63, 3.8) is 0 Å². The Balaban J connectivity index is 2.69. The van der Waals surface area contributed by atoms with Gasteiger partial charge in [-0.3, -0.25) is 4.18 Å². The van der Waals surface area contributed by atoms with Crippen molar-refractivity contribution in [2.45, 2.75) is 49.8 Å². The Labute approximate surface area is 136 Å². The largest absolute Gasteiger partial charge is 0.523 e. The SMILES string of the molecule is CCCCOC(=O)NC1(C(=O)OC)CC(OS(=O)(=O)C(F)(F)F)C1. The summed E-state index contributed by atoms with van der Waals surface area (Å²) in [4.78, 5) is 23.4. The van der Waals surface area contributed by atoms with Crippen LogP contribution < -0.4 is 5.32 Å². The number of alkyl carbamates (subject to hydrolysis) is 1. The van der Waals surface area contributed by atoms with Crippen LogP contribution in [0, 0.1) is 0 Å². The second kappa shape index (κ2) is 7.55. The molecule has 1 rings (SSSR count). The van der Waals surface area contributed by atoms with E-state index in [1.165, 1.54) is 0 Å². The van der Waals surface area contributed by atoms with Gasteiger partial charge in [-0.2, -0.15) is 21.6 Å². The van der Waals surface area contributed by atoms with Crippen molar-refractivity contribution in [1.29, 1.82) is 0 Å². The number of amides is 1. The van der Waals surface area contributed by atoms with E-state index in [2.05, 4.69) is 14.2 Å². The first-order valence-electron chi connectivity index (χ1n) is 7.00. The van der Waals surface area contributed by atoms with Gasteiger partial charge in [0.2, 0.25) is 0 Å². The molecule has 0 atom stereocenters. The Morgan fingerprint density at radius 1 is 1.29 bits per heavy atom. The number of carbonyl (C=O) groups is 2. The van der Waals surface area contributed by atoms with Crippen molar-refractivity contribution >= 4 is 22.2 Å². The lowest BCUT2D eigenvalue weighted by Crippen LogP contribution is -2.65. The smallest absolute Gasteiger partial charge is 0.467 e. The molecule has 1 aliphatic carbocycles. The Morgan fingerprint density at radius 2 is 1.88 bits per heavy atom. The van der Waals surface area contributed by atoms with Crippen LogP contribution in [0.5, 0.6) is 0 Å². The molecule has 0 aromatic carbocycles. The van der Waals surface area contributed by atoms with Gasteiger partial charge in [-0.15, -0.1) is 0 Å². The lowest BCUT2D eigenvalue weighted by Gasteiger charge is -2.43. The zero-order valence-electron chi connectivity index (χ0n) is 13.0. The Bertz CT molecular complexity index is 570. The van der Waals surface area contributed by atoms with Crippen LogP contribution >= 0.6 is 0 Å². The van der Waals surface area contributed by atoms with Gasteiger partial charge < -0.3 is 14.8 Å². The van der Waals surface area contributed by atoms with E-state index in [1.807, 2.05) is 6.92 Å². The number of hydrogen-bond donors (Lipinski definition) is 1. The number of alkyl halides is 3. The quantitative estimate of drug-likeness (QED) is 0.310. The van der Waals surface area contributed by atoms with Gasteiger partial charge in [-0.1, -0.05) is 13.3 Å².